The topological polar surface area (TPSA) is 35.2 Å². The third-order valence-electron chi connectivity index (χ3n) is 2.65. The maximum Gasteiger partial charge on any atom is 0.387 e. The lowest BCUT2D eigenvalue weighted by atomic mass is 10.0. The molecule has 0 aliphatic rings. The Labute approximate surface area is 113 Å². The summed E-state index contributed by atoms with van der Waals surface area (Å²) in [7, 11) is 0. The molecule has 0 unspecified atom stereocenters. The van der Waals surface area contributed by atoms with Gasteiger partial charge in [0.25, 0.3) is 0 Å². The average Bonchev–Trinajstić information content (AvgIpc) is 2.29. The van der Waals surface area contributed by atoms with E-state index in [-0.39, 0.29) is 24.2 Å². The fraction of sp³-hybridized carbons (Fsp3) is 0.538. The second-order valence-corrected chi connectivity index (χ2v) is 4.05. The summed E-state index contributed by atoms with van der Waals surface area (Å²) in [4.78, 5) is 0. The highest BCUT2D eigenvalue weighted by Crippen LogP contribution is 2.21. The molecule has 0 saturated carbocycles. The summed E-state index contributed by atoms with van der Waals surface area (Å²) in [6, 6.07) is 6.52. The van der Waals surface area contributed by atoms with E-state index in [2.05, 4.69) is 11.7 Å². The van der Waals surface area contributed by atoms with E-state index < -0.39 is 6.61 Å². The summed E-state index contributed by atoms with van der Waals surface area (Å²) < 4.78 is 28.1. The maximum absolute atomic E-state index is 11.9. The average molecular weight is 280 g/mol. The quantitative estimate of drug-likeness (QED) is 0.756. The zero-order valence-electron chi connectivity index (χ0n) is 10.4. The molecule has 5 heteroatoms. The molecule has 0 fully saturated rings. The van der Waals surface area contributed by atoms with Crippen LogP contribution in [0.4, 0.5) is 8.78 Å². The zero-order valence-corrected chi connectivity index (χ0v) is 11.3. The Kier molecular flexibility index (Phi) is 8.67. The van der Waals surface area contributed by atoms with Crippen molar-refractivity contribution in [3.05, 3.63) is 29.8 Å². The molecule has 1 atom stereocenters. The van der Waals surface area contributed by atoms with E-state index in [0.29, 0.717) is 0 Å². The summed E-state index contributed by atoms with van der Waals surface area (Å²) in [5, 5.41) is 0. The van der Waals surface area contributed by atoms with Crippen LogP contribution in [0.25, 0.3) is 0 Å². The van der Waals surface area contributed by atoms with Gasteiger partial charge in [-0.2, -0.15) is 8.78 Å². The Hall–Kier alpha value is -0.870. The van der Waals surface area contributed by atoms with Gasteiger partial charge in [0.05, 0.1) is 0 Å². The van der Waals surface area contributed by atoms with E-state index in [4.69, 9.17) is 5.73 Å². The lowest BCUT2D eigenvalue weighted by molar-refractivity contribution is -0.0498. The number of hydrogen-bond donors (Lipinski definition) is 1. The summed E-state index contributed by atoms with van der Waals surface area (Å²) in [5.74, 6) is 0.171. The largest absolute Gasteiger partial charge is 0.435 e. The Balaban J connectivity index is 0.00000289. The lowest BCUT2D eigenvalue weighted by Gasteiger charge is -2.12. The molecule has 104 valence electrons. The van der Waals surface area contributed by atoms with Crippen LogP contribution in [-0.4, -0.2) is 6.61 Å². The van der Waals surface area contributed by atoms with Crippen molar-refractivity contribution in [1.29, 1.82) is 0 Å². The molecule has 1 rings (SSSR count). The van der Waals surface area contributed by atoms with Gasteiger partial charge in [-0.05, 0) is 24.1 Å². The van der Waals surface area contributed by atoms with Crippen LogP contribution in [-0.2, 0) is 0 Å². The minimum Gasteiger partial charge on any atom is -0.435 e. The molecule has 2 N–H and O–H groups in total. The van der Waals surface area contributed by atoms with Gasteiger partial charge < -0.3 is 10.5 Å². The first kappa shape index (κ1) is 17.1. The highest BCUT2D eigenvalue weighted by molar-refractivity contribution is 5.85. The van der Waals surface area contributed by atoms with Crippen LogP contribution >= 0.6 is 12.4 Å². The Morgan fingerprint density at radius 3 is 2.28 bits per heavy atom. The van der Waals surface area contributed by atoms with Gasteiger partial charge in [0.2, 0.25) is 0 Å². The van der Waals surface area contributed by atoms with Crippen LogP contribution < -0.4 is 10.5 Å². The van der Waals surface area contributed by atoms with Gasteiger partial charge in [-0.1, -0.05) is 38.3 Å². The fourth-order valence-corrected chi connectivity index (χ4v) is 1.68. The summed E-state index contributed by atoms with van der Waals surface area (Å²) >= 11 is 0. The number of unbranched alkanes of at least 4 members (excludes halogenated alkanes) is 2. The van der Waals surface area contributed by atoms with Crippen LogP contribution in [0.3, 0.4) is 0 Å². The molecule has 0 radical (unpaired) electrons. The van der Waals surface area contributed by atoms with Gasteiger partial charge in [-0.3, -0.25) is 0 Å². The van der Waals surface area contributed by atoms with E-state index in [0.717, 1.165) is 24.8 Å². The molecule has 0 saturated heterocycles. The molecule has 2 nitrogen and oxygen atoms in total. The SMILES string of the molecule is CCCCC[C@H](N)c1ccc(OC(F)F)cc1.Cl. The summed E-state index contributed by atoms with van der Waals surface area (Å²) in [6.45, 7) is -0.638. The monoisotopic (exact) mass is 279 g/mol. The van der Waals surface area contributed by atoms with Crippen molar-refractivity contribution in [1.82, 2.24) is 0 Å². The summed E-state index contributed by atoms with van der Waals surface area (Å²) in [5.41, 5.74) is 6.96. The van der Waals surface area contributed by atoms with Gasteiger partial charge in [0.1, 0.15) is 5.75 Å². The first-order valence-electron chi connectivity index (χ1n) is 5.93. The number of rotatable bonds is 7. The standard InChI is InChI=1S/C13H19F2NO.ClH/c1-2-3-4-5-12(16)10-6-8-11(9-7-10)17-13(14)15;/h6-9,12-13H,2-5,16H2,1H3;1H/t12-;/m0./s1. The first-order valence-corrected chi connectivity index (χ1v) is 5.93. The normalized spacial score (nSPS) is 12.1. The molecule has 18 heavy (non-hydrogen) atoms. The third kappa shape index (κ3) is 6.17. The van der Waals surface area contributed by atoms with E-state index in [1.54, 1.807) is 12.1 Å². The van der Waals surface area contributed by atoms with Crippen LogP contribution in [0.2, 0.25) is 0 Å². The van der Waals surface area contributed by atoms with Crippen LogP contribution in [0.5, 0.6) is 5.75 Å². The van der Waals surface area contributed by atoms with Crippen molar-refractivity contribution in [2.75, 3.05) is 0 Å². The second kappa shape index (κ2) is 9.11. The van der Waals surface area contributed by atoms with E-state index in [1.807, 2.05) is 0 Å². The van der Waals surface area contributed by atoms with Crippen LogP contribution in [0.1, 0.15) is 44.2 Å². The van der Waals surface area contributed by atoms with Crippen molar-refractivity contribution in [3.63, 3.8) is 0 Å². The maximum atomic E-state index is 11.9. The molecule has 0 aromatic heterocycles. The smallest absolute Gasteiger partial charge is 0.387 e. The molecular weight excluding hydrogens is 260 g/mol. The van der Waals surface area contributed by atoms with Crippen molar-refractivity contribution < 1.29 is 13.5 Å². The van der Waals surface area contributed by atoms with E-state index in [9.17, 15) is 8.78 Å². The number of halogens is 3. The second-order valence-electron chi connectivity index (χ2n) is 4.05. The third-order valence-corrected chi connectivity index (χ3v) is 2.65. The Bertz CT molecular complexity index is 319. The van der Waals surface area contributed by atoms with Gasteiger partial charge in [-0.15, -0.1) is 12.4 Å². The van der Waals surface area contributed by atoms with Gasteiger partial charge >= 0.3 is 6.61 Å². The molecule has 0 aliphatic carbocycles. The number of hydrogen-bond acceptors (Lipinski definition) is 2. The van der Waals surface area contributed by atoms with Gasteiger partial charge in [-0.25, -0.2) is 0 Å². The molecule has 0 spiro atoms. The number of ether oxygens (including phenoxy) is 1. The Morgan fingerprint density at radius 2 is 1.78 bits per heavy atom. The highest BCUT2D eigenvalue weighted by Gasteiger charge is 2.07. The summed E-state index contributed by atoms with van der Waals surface area (Å²) in [6.07, 6.45) is 4.34. The van der Waals surface area contributed by atoms with Crippen molar-refractivity contribution in [2.24, 2.45) is 5.73 Å². The van der Waals surface area contributed by atoms with E-state index in [1.165, 1.54) is 18.6 Å². The van der Waals surface area contributed by atoms with E-state index >= 15 is 0 Å². The molecule has 0 heterocycles. The Morgan fingerprint density at radius 1 is 1.17 bits per heavy atom. The first-order chi connectivity index (χ1) is 8.13. The van der Waals surface area contributed by atoms with Crippen molar-refractivity contribution >= 4 is 12.4 Å². The molecule has 1 aromatic carbocycles. The van der Waals surface area contributed by atoms with Gasteiger partial charge in [0.15, 0.2) is 0 Å². The fourth-order valence-electron chi connectivity index (χ4n) is 1.68. The van der Waals surface area contributed by atoms with Crippen LogP contribution in [0, 0.1) is 0 Å². The number of benzene rings is 1. The van der Waals surface area contributed by atoms with Crippen LogP contribution in [0.15, 0.2) is 24.3 Å². The minimum absolute atomic E-state index is 0. The van der Waals surface area contributed by atoms with Crippen molar-refractivity contribution in [2.45, 2.75) is 45.3 Å². The van der Waals surface area contributed by atoms with Gasteiger partial charge in [0, 0.05) is 6.04 Å². The highest BCUT2D eigenvalue weighted by atomic mass is 35.5. The predicted molar refractivity (Wildman–Crippen MR) is 71.4 cm³/mol. The van der Waals surface area contributed by atoms with Crippen molar-refractivity contribution in [3.8, 4) is 5.75 Å². The molecule has 0 bridgehead atoms. The molecular formula is C13H20ClF2NO. The number of nitrogens with two attached hydrogens (primary N) is 1. The number of alkyl halides is 2. The zero-order chi connectivity index (χ0) is 12.7. The molecule has 1 aromatic rings. The lowest BCUT2D eigenvalue weighted by Crippen LogP contribution is -2.10. The molecule has 0 aliphatic heterocycles. The molecule has 0 amide bonds. The minimum atomic E-state index is -2.78. The predicted octanol–water partition coefficient (Wildman–Crippen LogP) is 4.29.